The number of imide groups is 1. The van der Waals surface area contributed by atoms with Crippen molar-refractivity contribution in [2.24, 2.45) is 0 Å². The Balaban J connectivity index is 1.63. The van der Waals surface area contributed by atoms with Gasteiger partial charge in [0, 0.05) is 13.0 Å². The van der Waals surface area contributed by atoms with Crippen LogP contribution in [0.3, 0.4) is 0 Å². The van der Waals surface area contributed by atoms with E-state index in [4.69, 9.17) is 4.74 Å². The first-order valence-electron chi connectivity index (χ1n) is 11.1. The van der Waals surface area contributed by atoms with Crippen LogP contribution in [0.25, 0.3) is 0 Å². The number of ether oxygens (including phenoxy) is 1. The van der Waals surface area contributed by atoms with Gasteiger partial charge in [-0.1, -0.05) is 29.8 Å². The topological polar surface area (TPSA) is 101 Å². The summed E-state index contributed by atoms with van der Waals surface area (Å²) in [5.41, 5.74) is 1.52. The Hall–Kier alpha value is -3.98. The molecule has 0 bridgehead atoms. The molecule has 0 aromatic heterocycles. The maximum Gasteiger partial charge on any atom is 0.270 e. The predicted octanol–water partition coefficient (Wildman–Crippen LogP) is 3.80. The molecule has 0 unspecified atom stereocenters. The Morgan fingerprint density at radius 2 is 1.46 bits per heavy atom. The summed E-state index contributed by atoms with van der Waals surface area (Å²) in [6.45, 7) is 3.84. The first kappa shape index (κ1) is 24.2. The van der Waals surface area contributed by atoms with E-state index in [0.717, 1.165) is 10.5 Å². The molecule has 1 aliphatic heterocycles. The average Bonchev–Trinajstić information content (AvgIpc) is 3.09. The number of anilines is 1. The number of rotatable bonds is 8. The van der Waals surface area contributed by atoms with E-state index in [-0.39, 0.29) is 34.7 Å². The van der Waals surface area contributed by atoms with Crippen molar-refractivity contribution in [1.29, 1.82) is 0 Å². The summed E-state index contributed by atoms with van der Waals surface area (Å²) < 4.78 is 33.2. The lowest BCUT2D eigenvalue weighted by Crippen LogP contribution is -2.40. The number of carbonyl (C=O) groups excluding carboxylic acids is 3. The van der Waals surface area contributed by atoms with Crippen LogP contribution in [0.5, 0.6) is 5.75 Å². The molecule has 3 aromatic rings. The zero-order valence-electron chi connectivity index (χ0n) is 19.3. The van der Waals surface area contributed by atoms with E-state index >= 15 is 0 Å². The van der Waals surface area contributed by atoms with Gasteiger partial charge in [-0.2, -0.15) is 0 Å². The van der Waals surface area contributed by atoms with Crippen LogP contribution in [-0.2, 0) is 14.8 Å². The van der Waals surface area contributed by atoms with Crippen LogP contribution >= 0.6 is 0 Å². The second kappa shape index (κ2) is 9.71. The number of benzene rings is 3. The monoisotopic (exact) mass is 492 g/mol. The van der Waals surface area contributed by atoms with E-state index in [1.165, 1.54) is 24.3 Å². The fraction of sp³-hybridized carbons (Fsp3) is 0.192. The summed E-state index contributed by atoms with van der Waals surface area (Å²) in [5.74, 6) is -1.26. The minimum atomic E-state index is -4.27. The molecule has 35 heavy (non-hydrogen) atoms. The van der Waals surface area contributed by atoms with Gasteiger partial charge >= 0.3 is 0 Å². The Morgan fingerprint density at radius 3 is 2.00 bits per heavy atom. The Labute approximate surface area is 203 Å². The van der Waals surface area contributed by atoms with E-state index in [2.05, 4.69) is 0 Å². The molecule has 3 aromatic carbocycles. The van der Waals surface area contributed by atoms with Gasteiger partial charge in [0.05, 0.1) is 28.3 Å². The average molecular weight is 493 g/mol. The van der Waals surface area contributed by atoms with E-state index in [1.54, 1.807) is 48.5 Å². The molecule has 9 heteroatoms. The lowest BCUT2D eigenvalue weighted by atomic mass is 10.1. The molecule has 1 heterocycles. The zero-order valence-corrected chi connectivity index (χ0v) is 20.1. The molecule has 0 N–H and O–H groups in total. The molecule has 8 nitrogen and oxygen atoms in total. The van der Waals surface area contributed by atoms with Crippen molar-refractivity contribution in [3.8, 4) is 5.75 Å². The molecule has 0 fully saturated rings. The summed E-state index contributed by atoms with van der Waals surface area (Å²) in [4.78, 5) is 39.6. The molecule has 0 saturated heterocycles. The van der Waals surface area contributed by atoms with Crippen LogP contribution in [0.4, 0.5) is 5.69 Å². The van der Waals surface area contributed by atoms with Crippen LogP contribution in [0.15, 0.2) is 77.7 Å². The largest absolute Gasteiger partial charge is 0.494 e. The molecule has 0 spiro atoms. The lowest BCUT2D eigenvalue weighted by Gasteiger charge is -2.24. The Kier molecular flexibility index (Phi) is 6.70. The third-order valence-corrected chi connectivity index (χ3v) is 7.36. The van der Waals surface area contributed by atoms with Crippen molar-refractivity contribution in [1.82, 2.24) is 4.90 Å². The molecule has 0 aliphatic carbocycles. The zero-order chi connectivity index (χ0) is 25.2. The highest BCUT2D eigenvalue weighted by molar-refractivity contribution is 7.93. The number of carbonyl (C=O) groups is 3. The van der Waals surface area contributed by atoms with Gasteiger partial charge in [0.1, 0.15) is 5.75 Å². The van der Waals surface area contributed by atoms with Gasteiger partial charge < -0.3 is 4.74 Å². The molecule has 4 rings (SSSR count). The summed E-state index contributed by atoms with van der Waals surface area (Å²) in [6.07, 6.45) is -0.371. The summed E-state index contributed by atoms with van der Waals surface area (Å²) in [7, 11) is -4.27. The minimum Gasteiger partial charge on any atom is -0.494 e. The molecular weight excluding hydrogens is 468 g/mol. The highest BCUT2D eigenvalue weighted by Gasteiger charge is 2.37. The lowest BCUT2D eigenvalue weighted by molar-refractivity contribution is -0.117. The van der Waals surface area contributed by atoms with Crippen molar-refractivity contribution in [2.75, 3.05) is 17.5 Å². The van der Waals surface area contributed by atoms with Crippen LogP contribution in [0.1, 0.15) is 39.6 Å². The van der Waals surface area contributed by atoms with E-state index in [0.29, 0.717) is 16.7 Å². The van der Waals surface area contributed by atoms with E-state index in [9.17, 15) is 22.8 Å². The van der Waals surface area contributed by atoms with Gasteiger partial charge in [-0.15, -0.1) is 0 Å². The van der Waals surface area contributed by atoms with Crippen molar-refractivity contribution in [3.63, 3.8) is 0 Å². The third-order valence-electron chi connectivity index (χ3n) is 5.60. The highest BCUT2D eigenvalue weighted by Crippen LogP contribution is 2.28. The molecule has 3 amide bonds. The molecular formula is C26H24N2O6S. The summed E-state index contributed by atoms with van der Waals surface area (Å²) in [6, 6.07) is 18.7. The first-order chi connectivity index (χ1) is 16.7. The normalized spacial score (nSPS) is 13.0. The molecule has 1 aliphatic rings. The van der Waals surface area contributed by atoms with Crippen LogP contribution in [0.2, 0.25) is 0 Å². The van der Waals surface area contributed by atoms with E-state index < -0.39 is 27.7 Å². The molecule has 0 radical (unpaired) electrons. The minimum absolute atomic E-state index is 0.0499. The number of fused-ring (bicyclic) bond motifs is 1. The van der Waals surface area contributed by atoms with Crippen molar-refractivity contribution in [2.45, 2.75) is 25.2 Å². The van der Waals surface area contributed by atoms with Crippen molar-refractivity contribution >= 4 is 33.4 Å². The standard InChI is InChI=1S/C26H24N2O6S/c1-3-34-20-12-10-19(11-13-20)28(35(32,33)21-14-8-18(2)9-15-21)24(29)16-17-27-25(30)22-6-4-5-7-23(22)26(27)31/h4-15H,3,16-17H2,1-2H3. The van der Waals surface area contributed by atoms with Crippen molar-refractivity contribution in [3.05, 3.63) is 89.5 Å². The van der Waals surface area contributed by atoms with Gasteiger partial charge in [-0.25, -0.2) is 12.7 Å². The smallest absolute Gasteiger partial charge is 0.270 e. The number of aryl methyl sites for hydroxylation is 1. The van der Waals surface area contributed by atoms with Crippen LogP contribution in [-0.4, -0.2) is 44.2 Å². The maximum absolute atomic E-state index is 13.5. The fourth-order valence-corrected chi connectivity index (χ4v) is 5.28. The van der Waals surface area contributed by atoms with E-state index in [1.807, 2.05) is 13.8 Å². The number of sulfonamides is 1. The third kappa shape index (κ3) is 4.67. The second-order valence-corrected chi connectivity index (χ2v) is 9.75. The SMILES string of the molecule is CCOc1ccc(N(C(=O)CCN2C(=O)c3ccccc3C2=O)S(=O)(=O)c2ccc(C)cc2)cc1. The van der Waals surface area contributed by atoms with Gasteiger partial charge in [0.15, 0.2) is 0 Å². The number of hydrogen-bond donors (Lipinski definition) is 0. The van der Waals surface area contributed by atoms with Gasteiger partial charge in [0.2, 0.25) is 5.91 Å². The predicted molar refractivity (Wildman–Crippen MR) is 130 cm³/mol. The van der Waals surface area contributed by atoms with Crippen LogP contribution in [0, 0.1) is 6.92 Å². The maximum atomic E-state index is 13.5. The fourth-order valence-electron chi connectivity index (χ4n) is 3.83. The Bertz CT molecular complexity index is 1350. The summed E-state index contributed by atoms with van der Waals surface area (Å²) >= 11 is 0. The quantitative estimate of drug-likeness (QED) is 0.444. The molecule has 0 saturated carbocycles. The number of amides is 3. The number of hydrogen-bond acceptors (Lipinski definition) is 6. The highest BCUT2D eigenvalue weighted by atomic mass is 32.2. The summed E-state index contributed by atoms with van der Waals surface area (Å²) in [5, 5.41) is 0. The van der Waals surface area contributed by atoms with Gasteiger partial charge in [-0.3, -0.25) is 19.3 Å². The first-order valence-corrected chi connectivity index (χ1v) is 12.5. The molecule has 0 atom stereocenters. The van der Waals surface area contributed by atoms with Gasteiger partial charge in [0.25, 0.3) is 21.8 Å². The second-order valence-electron chi connectivity index (χ2n) is 7.96. The molecule has 180 valence electrons. The van der Waals surface area contributed by atoms with Crippen LogP contribution < -0.4 is 9.04 Å². The number of nitrogens with zero attached hydrogens (tertiary/aromatic N) is 2. The Morgan fingerprint density at radius 1 is 0.886 bits per heavy atom. The van der Waals surface area contributed by atoms with Gasteiger partial charge in [-0.05, 0) is 62.4 Å². The van der Waals surface area contributed by atoms with Crippen molar-refractivity contribution < 1.29 is 27.5 Å².